The Balaban J connectivity index is 1.56. The first kappa shape index (κ1) is 29.7. The number of nitrogens with zero attached hydrogens (tertiary/aromatic N) is 3. The molecule has 0 aliphatic carbocycles. The Morgan fingerprint density at radius 3 is 1.98 bits per heavy atom. The van der Waals surface area contributed by atoms with E-state index in [1.807, 2.05) is 19.9 Å². The molecule has 41 heavy (non-hydrogen) atoms. The van der Waals surface area contributed by atoms with Crippen LogP contribution in [-0.2, 0) is 24.8 Å². The predicted molar refractivity (Wildman–Crippen MR) is 159 cm³/mol. The molecule has 0 atom stereocenters. The van der Waals surface area contributed by atoms with Gasteiger partial charge < -0.3 is 5.32 Å². The van der Waals surface area contributed by atoms with Crippen molar-refractivity contribution in [2.24, 2.45) is 0 Å². The molecular weight excluding hydrogens is 562 g/mol. The Bertz CT molecular complexity index is 1790. The fraction of sp³-hybridized carbons (Fsp3) is 0.207. The first-order valence-electron chi connectivity index (χ1n) is 12.7. The van der Waals surface area contributed by atoms with Crippen LogP contribution in [0.25, 0.3) is 0 Å². The summed E-state index contributed by atoms with van der Waals surface area (Å²) in [5.74, 6) is -0.639. The SMILES string of the molecule is Cc1ccc(S(=O)(=O)N(CC(=O)Nc2ccc(S(=O)(=O)Nc3nc(C)cc(C)n3)cc2)c2cccc(C)c2C)cc1. The highest BCUT2D eigenvalue weighted by molar-refractivity contribution is 7.93. The third kappa shape index (κ3) is 6.90. The minimum atomic E-state index is -4.09. The van der Waals surface area contributed by atoms with Gasteiger partial charge in [-0.2, -0.15) is 0 Å². The van der Waals surface area contributed by atoms with Gasteiger partial charge in [0.05, 0.1) is 15.5 Å². The number of carbonyl (C=O) groups is 1. The Morgan fingerprint density at radius 1 is 0.780 bits per heavy atom. The Kier molecular flexibility index (Phi) is 8.45. The summed E-state index contributed by atoms with van der Waals surface area (Å²) in [7, 11) is -8.07. The molecule has 0 saturated heterocycles. The van der Waals surface area contributed by atoms with Crippen LogP contribution < -0.4 is 14.3 Å². The molecule has 10 nitrogen and oxygen atoms in total. The number of aromatic nitrogens is 2. The number of nitrogens with one attached hydrogen (secondary N) is 2. The molecule has 0 saturated carbocycles. The van der Waals surface area contributed by atoms with Crippen molar-refractivity contribution in [1.29, 1.82) is 0 Å². The van der Waals surface area contributed by atoms with Gasteiger partial charge in [-0.25, -0.2) is 31.5 Å². The van der Waals surface area contributed by atoms with E-state index < -0.39 is 32.5 Å². The van der Waals surface area contributed by atoms with Crippen LogP contribution in [0.5, 0.6) is 0 Å². The topological polar surface area (TPSA) is 138 Å². The second kappa shape index (κ2) is 11.7. The highest BCUT2D eigenvalue weighted by Gasteiger charge is 2.28. The van der Waals surface area contributed by atoms with Crippen LogP contribution in [0, 0.1) is 34.6 Å². The number of hydrogen-bond donors (Lipinski definition) is 2. The van der Waals surface area contributed by atoms with Crippen LogP contribution in [0.15, 0.2) is 82.6 Å². The largest absolute Gasteiger partial charge is 0.325 e. The molecule has 12 heteroatoms. The molecule has 2 N–H and O–H groups in total. The van der Waals surface area contributed by atoms with Gasteiger partial charge >= 0.3 is 0 Å². The number of amides is 1. The zero-order valence-electron chi connectivity index (χ0n) is 23.3. The predicted octanol–water partition coefficient (Wildman–Crippen LogP) is 4.65. The van der Waals surface area contributed by atoms with Gasteiger partial charge in [-0.3, -0.25) is 9.10 Å². The number of benzene rings is 3. The summed E-state index contributed by atoms with van der Waals surface area (Å²) in [6.45, 7) is 8.50. The summed E-state index contributed by atoms with van der Waals surface area (Å²) >= 11 is 0. The van der Waals surface area contributed by atoms with E-state index >= 15 is 0 Å². The molecule has 1 amide bonds. The van der Waals surface area contributed by atoms with E-state index in [-0.39, 0.29) is 15.7 Å². The molecule has 0 unspecified atom stereocenters. The highest BCUT2D eigenvalue weighted by atomic mass is 32.2. The van der Waals surface area contributed by atoms with Crippen molar-refractivity contribution in [3.63, 3.8) is 0 Å². The molecule has 3 aromatic carbocycles. The number of anilines is 3. The summed E-state index contributed by atoms with van der Waals surface area (Å²) in [6.07, 6.45) is 0. The molecule has 1 aromatic heterocycles. The van der Waals surface area contributed by atoms with E-state index in [1.54, 1.807) is 51.1 Å². The van der Waals surface area contributed by atoms with E-state index in [0.29, 0.717) is 22.8 Å². The lowest BCUT2D eigenvalue weighted by atomic mass is 10.1. The standard InChI is InChI=1S/C29H31N5O5S2/c1-19-9-13-26(14-10-19)41(38,39)34(27-8-6-7-20(2)23(27)5)18-28(35)32-24-11-15-25(16-12-24)40(36,37)33-29-30-21(3)17-22(4)31-29/h6-17H,18H2,1-5H3,(H,32,35)(H,30,31,33). The van der Waals surface area contributed by atoms with Gasteiger partial charge in [-0.15, -0.1) is 0 Å². The number of hydrogen-bond acceptors (Lipinski definition) is 7. The van der Waals surface area contributed by atoms with Crippen molar-refractivity contribution >= 4 is 43.3 Å². The van der Waals surface area contributed by atoms with Crippen LogP contribution >= 0.6 is 0 Å². The lowest BCUT2D eigenvalue weighted by Gasteiger charge is -2.26. The Morgan fingerprint density at radius 2 is 1.37 bits per heavy atom. The summed E-state index contributed by atoms with van der Waals surface area (Å²) in [4.78, 5) is 21.3. The molecule has 0 aliphatic heterocycles. The quantitative estimate of drug-likeness (QED) is 0.288. The van der Waals surface area contributed by atoms with E-state index in [4.69, 9.17) is 0 Å². The average Bonchev–Trinajstić information content (AvgIpc) is 2.89. The summed E-state index contributed by atoms with van der Waals surface area (Å²) in [6, 6.07) is 18.9. The fourth-order valence-corrected chi connectivity index (χ4v) is 6.56. The Hall–Kier alpha value is -4.29. The van der Waals surface area contributed by atoms with Crippen molar-refractivity contribution in [3.8, 4) is 0 Å². The minimum absolute atomic E-state index is 0.0406. The molecule has 0 fully saturated rings. The number of rotatable bonds is 9. The minimum Gasteiger partial charge on any atom is -0.325 e. The van der Waals surface area contributed by atoms with Gasteiger partial charge in [0.25, 0.3) is 20.0 Å². The van der Waals surface area contributed by atoms with Crippen molar-refractivity contribution in [1.82, 2.24) is 9.97 Å². The molecule has 0 bridgehead atoms. The van der Waals surface area contributed by atoms with Gasteiger partial charge in [0, 0.05) is 17.1 Å². The summed E-state index contributed by atoms with van der Waals surface area (Å²) in [5.41, 5.74) is 4.43. The number of carbonyl (C=O) groups excluding carboxylic acids is 1. The smallest absolute Gasteiger partial charge is 0.264 e. The van der Waals surface area contributed by atoms with Crippen LogP contribution in [-0.4, -0.2) is 39.3 Å². The maximum Gasteiger partial charge on any atom is 0.264 e. The molecule has 0 aliphatic rings. The third-order valence-corrected chi connectivity index (χ3v) is 9.52. The van der Waals surface area contributed by atoms with Crippen molar-refractivity contribution in [3.05, 3.63) is 101 Å². The molecule has 214 valence electrons. The zero-order valence-corrected chi connectivity index (χ0v) is 25.0. The molecule has 0 spiro atoms. The van der Waals surface area contributed by atoms with Gasteiger partial charge in [-0.1, -0.05) is 29.8 Å². The average molecular weight is 594 g/mol. The second-order valence-corrected chi connectivity index (χ2v) is 13.2. The van der Waals surface area contributed by atoms with Gasteiger partial charge in [0.2, 0.25) is 11.9 Å². The van der Waals surface area contributed by atoms with E-state index in [9.17, 15) is 21.6 Å². The molecule has 0 radical (unpaired) electrons. The van der Waals surface area contributed by atoms with Crippen molar-refractivity contribution in [2.75, 3.05) is 20.9 Å². The molecule has 4 rings (SSSR count). The first-order valence-corrected chi connectivity index (χ1v) is 15.6. The molecular formula is C29H31N5O5S2. The zero-order chi connectivity index (χ0) is 29.9. The normalized spacial score (nSPS) is 11.6. The van der Waals surface area contributed by atoms with Gasteiger partial charge in [-0.05, 0) is 94.3 Å². The maximum absolute atomic E-state index is 13.7. The number of sulfonamides is 2. The molecule has 1 heterocycles. The summed E-state index contributed by atoms with van der Waals surface area (Å²) in [5, 5.41) is 2.67. The lowest BCUT2D eigenvalue weighted by Crippen LogP contribution is -2.38. The van der Waals surface area contributed by atoms with Crippen LogP contribution in [0.3, 0.4) is 0 Å². The van der Waals surface area contributed by atoms with E-state index in [2.05, 4.69) is 20.0 Å². The lowest BCUT2D eigenvalue weighted by molar-refractivity contribution is -0.114. The Labute approximate surface area is 240 Å². The van der Waals surface area contributed by atoms with Gasteiger partial charge in [0.1, 0.15) is 6.54 Å². The van der Waals surface area contributed by atoms with E-state index in [0.717, 1.165) is 21.0 Å². The van der Waals surface area contributed by atoms with E-state index in [1.165, 1.54) is 36.4 Å². The van der Waals surface area contributed by atoms with Crippen LogP contribution in [0.1, 0.15) is 28.1 Å². The van der Waals surface area contributed by atoms with Crippen molar-refractivity contribution in [2.45, 2.75) is 44.4 Å². The van der Waals surface area contributed by atoms with Crippen LogP contribution in [0.2, 0.25) is 0 Å². The monoisotopic (exact) mass is 593 g/mol. The maximum atomic E-state index is 13.7. The van der Waals surface area contributed by atoms with Crippen molar-refractivity contribution < 1.29 is 21.6 Å². The number of aryl methyl sites for hydroxylation is 4. The third-order valence-electron chi connectivity index (χ3n) is 6.40. The molecule has 4 aromatic rings. The van der Waals surface area contributed by atoms with Gasteiger partial charge in [0.15, 0.2) is 0 Å². The second-order valence-electron chi connectivity index (χ2n) is 9.70. The highest BCUT2D eigenvalue weighted by Crippen LogP contribution is 2.29. The van der Waals surface area contributed by atoms with Crippen LogP contribution in [0.4, 0.5) is 17.3 Å². The summed E-state index contributed by atoms with van der Waals surface area (Å²) < 4.78 is 56.5. The first-order chi connectivity index (χ1) is 19.3. The fourth-order valence-electron chi connectivity index (χ4n) is 4.14.